The molecule has 0 radical (unpaired) electrons. The Labute approximate surface area is 180 Å². The predicted molar refractivity (Wildman–Crippen MR) is 121 cm³/mol. The van der Waals surface area contributed by atoms with E-state index in [-0.39, 0.29) is 18.0 Å². The van der Waals surface area contributed by atoms with Gasteiger partial charge in [-0.2, -0.15) is 0 Å². The minimum Gasteiger partial charge on any atom is -0.485 e. The van der Waals surface area contributed by atoms with Crippen molar-refractivity contribution in [2.24, 2.45) is 7.05 Å². The highest BCUT2D eigenvalue weighted by Crippen LogP contribution is 2.35. The van der Waals surface area contributed by atoms with Crippen LogP contribution in [0.3, 0.4) is 0 Å². The number of hydrogen-bond donors (Lipinski definition) is 0. The van der Waals surface area contributed by atoms with Crippen molar-refractivity contribution in [2.75, 3.05) is 6.61 Å². The number of fused-ring (bicyclic) bond motifs is 4. The summed E-state index contributed by atoms with van der Waals surface area (Å²) in [5, 5.41) is 1.77. The number of Topliss-reactive ketones (excluding diaryl/α,β-unsaturated/α-hetero) is 1. The average Bonchev–Trinajstić information content (AvgIpc) is 3.02. The molecule has 1 aliphatic carbocycles. The fourth-order valence-electron chi connectivity index (χ4n) is 4.87. The Morgan fingerprint density at radius 2 is 1.84 bits per heavy atom. The quantitative estimate of drug-likeness (QED) is 0.346. The molecule has 4 aromatic rings. The van der Waals surface area contributed by atoms with Crippen LogP contribution in [0.1, 0.15) is 45.6 Å². The highest BCUT2D eigenvalue weighted by Gasteiger charge is 2.23. The van der Waals surface area contributed by atoms with Crippen molar-refractivity contribution < 1.29 is 13.9 Å². The van der Waals surface area contributed by atoms with E-state index in [9.17, 15) is 9.59 Å². The molecule has 1 aliphatic rings. The molecule has 0 bridgehead atoms. The number of rotatable bonds is 4. The lowest BCUT2D eigenvalue weighted by atomic mass is 9.90. The van der Waals surface area contributed by atoms with E-state index in [4.69, 9.17) is 9.15 Å². The Balaban J connectivity index is 1.56. The fourth-order valence-corrected chi connectivity index (χ4v) is 4.87. The summed E-state index contributed by atoms with van der Waals surface area (Å²) in [4.78, 5) is 25.7. The number of nitrogens with zero attached hydrogens (tertiary/aromatic N) is 1. The summed E-state index contributed by atoms with van der Waals surface area (Å²) >= 11 is 0. The van der Waals surface area contributed by atoms with Gasteiger partial charge < -0.3 is 13.7 Å². The molecule has 5 rings (SSSR count). The average molecular weight is 415 g/mol. The summed E-state index contributed by atoms with van der Waals surface area (Å²) in [7, 11) is 1.97. The molecule has 0 amide bonds. The van der Waals surface area contributed by atoms with Crippen LogP contribution in [0.5, 0.6) is 5.75 Å². The molecule has 2 heterocycles. The molecule has 2 aromatic heterocycles. The van der Waals surface area contributed by atoms with Crippen LogP contribution in [0.4, 0.5) is 0 Å². The third kappa shape index (κ3) is 3.16. The maximum Gasteiger partial charge on any atom is 0.339 e. The molecule has 0 aliphatic heterocycles. The Kier molecular flexibility index (Phi) is 4.69. The highest BCUT2D eigenvalue weighted by molar-refractivity contribution is 6.10. The van der Waals surface area contributed by atoms with Gasteiger partial charge in [0.1, 0.15) is 11.3 Å². The Bertz CT molecular complexity index is 1410. The van der Waals surface area contributed by atoms with Gasteiger partial charge in [0.15, 0.2) is 6.61 Å². The molecule has 31 heavy (non-hydrogen) atoms. The molecule has 2 aromatic carbocycles. The summed E-state index contributed by atoms with van der Waals surface area (Å²) in [6, 6.07) is 11.7. The first kappa shape index (κ1) is 19.6. The van der Waals surface area contributed by atoms with Gasteiger partial charge in [0, 0.05) is 34.8 Å². The molecule has 0 N–H and O–H groups in total. The molecule has 0 atom stereocenters. The van der Waals surface area contributed by atoms with Gasteiger partial charge in [-0.3, -0.25) is 4.79 Å². The third-order valence-corrected chi connectivity index (χ3v) is 6.47. The SMILES string of the molecule is Cc1cc(OCC(=O)c2c(C)n(C)c3ccccc23)c2c3c(c(=O)oc2c1)CCCC3. The van der Waals surface area contributed by atoms with Crippen molar-refractivity contribution in [1.29, 1.82) is 0 Å². The third-order valence-electron chi connectivity index (χ3n) is 6.47. The van der Waals surface area contributed by atoms with Gasteiger partial charge in [-0.15, -0.1) is 0 Å². The number of benzene rings is 2. The summed E-state index contributed by atoms with van der Waals surface area (Å²) in [5.74, 6) is 0.554. The van der Waals surface area contributed by atoms with Gasteiger partial charge in [-0.1, -0.05) is 18.2 Å². The predicted octanol–water partition coefficient (Wildman–Crippen LogP) is 5.04. The summed E-state index contributed by atoms with van der Waals surface area (Å²) < 4.78 is 13.8. The molecule has 0 unspecified atom stereocenters. The molecular weight excluding hydrogens is 390 g/mol. The minimum absolute atomic E-state index is 0.0600. The van der Waals surface area contributed by atoms with E-state index in [1.54, 1.807) is 0 Å². The fraction of sp³-hybridized carbons (Fsp3) is 0.308. The standard InChI is InChI=1S/C26H25NO4/c1-15-12-22(25-17-8-4-5-9-18(17)26(29)31-23(25)13-15)30-14-21(28)24-16(2)27(3)20-11-7-6-10-19(20)24/h6-7,10-13H,4-5,8-9,14H2,1-3H3. The second kappa shape index (κ2) is 7.41. The zero-order chi connectivity index (χ0) is 21.7. The Morgan fingerprint density at radius 1 is 1.10 bits per heavy atom. The lowest BCUT2D eigenvalue weighted by Crippen LogP contribution is -2.17. The molecule has 0 saturated carbocycles. The largest absolute Gasteiger partial charge is 0.485 e. The van der Waals surface area contributed by atoms with Crippen molar-refractivity contribution in [3.63, 3.8) is 0 Å². The molecule has 0 saturated heterocycles. The lowest BCUT2D eigenvalue weighted by molar-refractivity contribution is 0.0923. The number of carbonyl (C=O) groups excluding carboxylic acids is 1. The number of ketones is 1. The van der Waals surface area contributed by atoms with Gasteiger partial charge in [0.05, 0.1) is 5.39 Å². The van der Waals surface area contributed by atoms with Crippen LogP contribution in [0, 0.1) is 13.8 Å². The van der Waals surface area contributed by atoms with Crippen LogP contribution in [-0.2, 0) is 19.9 Å². The summed E-state index contributed by atoms with van der Waals surface area (Å²) in [5.41, 5.74) is 5.63. The normalized spacial score (nSPS) is 13.5. The number of aryl methyl sites for hydroxylation is 3. The first-order chi connectivity index (χ1) is 15.0. The Morgan fingerprint density at radius 3 is 2.65 bits per heavy atom. The maximum atomic E-state index is 13.2. The van der Waals surface area contributed by atoms with Crippen LogP contribution in [0.2, 0.25) is 0 Å². The second-order valence-electron chi connectivity index (χ2n) is 8.44. The van der Waals surface area contributed by atoms with E-state index < -0.39 is 0 Å². The number of para-hydroxylation sites is 1. The molecular formula is C26H25NO4. The van der Waals surface area contributed by atoms with E-state index in [1.807, 2.05) is 61.9 Å². The smallest absolute Gasteiger partial charge is 0.339 e. The number of ether oxygens (including phenoxy) is 1. The zero-order valence-corrected chi connectivity index (χ0v) is 18.1. The van der Waals surface area contributed by atoms with Gasteiger partial charge >= 0.3 is 5.63 Å². The highest BCUT2D eigenvalue weighted by atomic mass is 16.5. The van der Waals surface area contributed by atoms with Crippen molar-refractivity contribution in [3.05, 3.63) is 74.8 Å². The second-order valence-corrected chi connectivity index (χ2v) is 8.44. The Hall–Kier alpha value is -3.34. The number of aromatic nitrogens is 1. The molecule has 158 valence electrons. The topological polar surface area (TPSA) is 61.4 Å². The maximum absolute atomic E-state index is 13.2. The van der Waals surface area contributed by atoms with Gasteiger partial charge in [0.25, 0.3) is 0 Å². The van der Waals surface area contributed by atoms with Crippen molar-refractivity contribution in [1.82, 2.24) is 4.57 Å². The van der Waals surface area contributed by atoms with Gasteiger partial charge in [-0.05, 0) is 68.9 Å². The summed E-state index contributed by atoms with van der Waals surface area (Å²) in [6.45, 7) is 3.82. The number of hydrogen-bond acceptors (Lipinski definition) is 4. The van der Waals surface area contributed by atoms with Crippen molar-refractivity contribution in [3.8, 4) is 5.75 Å². The molecule has 0 spiro atoms. The number of carbonyl (C=O) groups is 1. The first-order valence-corrected chi connectivity index (χ1v) is 10.7. The van der Waals surface area contributed by atoms with Crippen molar-refractivity contribution >= 4 is 27.7 Å². The van der Waals surface area contributed by atoms with Crippen molar-refractivity contribution in [2.45, 2.75) is 39.5 Å². The molecule has 0 fully saturated rings. The van der Waals surface area contributed by atoms with Crippen LogP contribution < -0.4 is 10.4 Å². The van der Waals surface area contributed by atoms with Crippen LogP contribution in [-0.4, -0.2) is 17.0 Å². The van der Waals surface area contributed by atoms with E-state index in [0.29, 0.717) is 16.9 Å². The van der Waals surface area contributed by atoms with Crippen LogP contribution in [0.25, 0.3) is 21.9 Å². The van der Waals surface area contributed by atoms with Crippen LogP contribution in [0.15, 0.2) is 45.6 Å². The lowest BCUT2D eigenvalue weighted by Gasteiger charge is -2.18. The monoisotopic (exact) mass is 415 g/mol. The van der Waals surface area contributed by atoms with E-state index in [2.05, 4.69) is 0 Å². The summed E-state index contributed by atoms with van der Waals surface area (Å²) in [6.07, 6.45) is 3.58. The van der Waals surface area contributed by atoms with E-state index >= 15 is 0 Å². The van der Waals surface area contributed by atoms with Crippen LogP contribution >= 0.6 is 0 Å². The molecule has 5 heteroatoms. The molecule has 5 nitrogen and oxygen atoms in total. The first-order valence-electron chi connectivity index (χ1n) is 10.7. The minimum atomic E-state index is -0.249. The van der Waals surface area contributed by atoms with Gasteiger partial charge in [0.2, 0.25) is 5.78 Å². The van der Waals surface area contributed by atoms with Gasteiger partial charge in [-0.25, -0.2) is 4.79 Å². The van der Waals surface area contributed by atoms with E-state index in [1.165, 1.54) is 0 Å². The van der Waals surface area contributed by atoms with E-state index in [0.717, 1.165) is 64.4 Å². The zero-order valence-electron chi connectivity index (χ0n) is 18.1.